The van der Waals surface area contributed by atoms with Crippen LogP contribution in [-0.2, 0) is 9.59 Å². The molecular formula is C21H20N2O6. The Balaban J connectivity index is 1.63. The van der Waals surface area contributed by atoms with Crippen LogP contribution in [0.1, 0.15) is 30.4 Å². The van der Waals surface area contributed by atoms with Crippen molar-refractivity contribution in [2.75, 3.05) is 37.3 Å². The van der Waals surface area contributed by atoms with E-state index < -0.39 is 0 Å². The number of anilines is 2. The van der Waals surface area contributed by atoms with Gasteiger partial charge in [-0.2, -0.15) is 0 Å². The predicted octanol–water partition coefficient (Wildman–Crippen LogP) is 2.64. The molecule has 0 radical (unpaired) electrons. The van der Waals surface area contributed by atoms with Gasteiger partial charge in [-0.3, -0.25) is 9.59 Å². The lowest BCUT2D eigenvalue weighted by Crippen LogP contribution is -2.39. The van der Waals surface area contributed by atoms with Gasteiger partial charge in [-0.05, 0) is 42.3 Å². The molecule has 1 unspecified atom stereocenters. The van der Waals surface area contributed by atoms with E-state index in [1.54, 1.807) is 12.0 Å². The van der Waals surface area contributed by atoms with Gasteiger partial charge in [0.05, 0.1) is 12.8 Å². The van der Waals surface area contributed by atoms with Crippen molar-refractivity contribution in [2.24, 2.45) is 0 Å². The first-order valence-corrected chi connectivity index (χ1v) is 9.47. The summed E-state index contributed by atoms with van der Waals surface area (Å²) in [6.07, 6.45) is 0.283. The molecule has 5 rings (SSSR count). The molecule has 0 bridgehead atoms. The highest BCUT2D eigenvalue weighted by Gasteiger charge is 2.33. The third-order valence-electron chi connectivity index (χ3n) is 5.51. The number of rotatable bonds is 3. The van der Waals surface area contributed by atoms with Gasteiger partial charge in [0.2, 0.25) is 18.4 Å². The SMILES string of the molecule is CCN1C(=O)COc2cc3c(cc21)NC(=O)CC3c1cc(OC)c2c(c1)OCO2. The molecule has 0 aromatic heterocycles. The summed E-state index contributed by atoms with van der Waals surface area (Å²) in [6, 6.07) is 7.50. The second-order valence-electron chi connectivity index (χ2n) is 7.10. The van der Waals surface area contributed by atoms with Crippen LogP contribution in [0, 0.1) is 0 Å². The van der Waals surface area contributed by atoms with E-state index in [1.807, 2.05) is 31.2 Å². The molecule has 2 aromatic carbocycles. The fourth-order valence-electron chi connectivity index (χ4n) is 4.15. The summed E-state index contributed by atoms with van der Waals surface area (Å²) >= 11 is 0. The minimum atomic E-state index is -0.205. The Hall–Kier alpha value is -3.42. The molecule has 0 spiro atoms. The first-order valence-electron chi connectivity index (χ1n) is 9.47. The molecule has 3 heterocycles. The topological polar surface area (TPSA) is 86.3 Å². The Morgan fingerprint density at radius 3 is 2.79 bits per heavy atom. The standard InChI is InChI=1S/C21H20N2O6/c1-3-23-15-8-14-13(6-16(15)27-9-20(23)25)12(7-19(24)22-14)11-4-17(26-2)21-18(5-11)28-10-29-21/h4-6,8,12H,3,7,9-10H2,1-2H3,(H,22,24). The molecule has 3 aliphatic rings. The number of nitrogens with zero attached hydrogens (tertiary/aromatic N) is 1. The summed E-state index contributed by atoms with van der Waals surface area (Å²) in [5.41, 5.74) is 3.17. The molecule has 0 saturated heterocycles. The fraction of sp³-hybridized carbons (Fsp3) is 0.333. The number of likely N-dealkylation sites (N-methyl/N-ethyl adjacent to an activating group) is 1. The molecule has 3 aliphatic heterocycles. The Labute approximate surface area is 167 Å². The molecule has 29 heavy (non-hydrogen) atoms. The van der Waals surface area contributed by atoms with Crippen molar-refractivity contribution in [1.82, 2.24) is 0 Å². The number of hydrogen-bond donors (Lipinski definition) is 1. The van der Waals surface area contributed by atoms with Crippen LogP contribution in [0.4, 0.5) is 11.4 Å². The average Bonchev–Trinajstić information content (AvgIpc) is 3.20. The number of nitrogens with one attached hydrogen (secondary N) is 1. The minimum absolute atomic E-state index is 0.00843. The van der Waals surface area contributed by atoms with Gasteiger partial charge in [0.25, 0.3) is 5.91 Å². The lowest BCUT2D eigenvalue weighted by Gasteiger charge is -2.33. The third kappa shape index (κ3) is 2.74. The average molecular weight is 396 g/mol. The van der Waals surface area contributed by atoms with Gasteiger partial charge in [0.1, 0.15) is 5.75 Å². The van der Waals surface area contributed by atoms with Gasteiger partial charge in [0.15, 0.2) is 18.1 Å². The maximum Gasteiger partial charge on any atom is 0.265 e. The van der Waals surface area contributed by atoms with Crippen LogP contribution in [0.25, 0.3) is 0 Å². The smallest absolute Gasteiger partial charge is 0.265 e. The predicted molar refractivity (Wildman–Crippen MR) is 104 cm³/mol. The van der Waals surface area contributed by atoms with Crippen LogP contribution in [0.15, 0.2) is 24.3 Å². The van der Waals surface area contributed by atoms with Crippen molar-refractivity contribution in [3.8, 4) is 23.0 Å². The molecule has 0 saturated carbocycles. The Bertz CT molecular complexity index is 1030. The summed E-state index contributed by atoms with van der Waals surface area (Å²) in [5.74, 6) is 1.98. The maximum atomic E-state index is 12.5. The van der Waals surface area contributed by atoms with Crippen LogP contribution in [0.2, 0.25) is 0 Å². The normalized spacial score (nSPS) is 19.2. The molecule has 1 N–H and O–H groups in total. The number of fused-ring (bicyclic) bond motifs is 3. The van der Waals surface area contributed by atoms with Crippen LogP contribution in [0.5, 0.6) is 23.0 Å². The largest absolute Gasteiger partial charge is 0.493 e. The molecule has 1 atom stereocenters. The van der Waals surface area contributed by atoms with Crippen molar-refractivity contribution in [1.29, 1.82) is 0 Å². The van der Waals surface area contributed by atoms with E-state index in [1.165, 1.54) is 0 Å². The highest BCUT2D eigenvalue weighted by Crippen LogP contribution is 2.48. The van der Waals surface area contributed by atoms with Crippen molar-refractivity contribution < 1.29 is 28.5 Å². The van der Waals surface area contributed by atoms with Gasteiger partial charge >= 0.3 is 0 Å². The number of amides is 2. The van der Waals surface area contributed by atoms with E-state index in [0.717, 1.165) is 11.1 Å². The Morgan fingerprint density at radius 1 is 1.14 bits per heavy atom. The molecule has 2 aromatic rings. The van der Waals surface area contributed by atoms with E-state index in [4.69, 9.17) is 18.9 Å². The fourth-order valence-corrected chi connectivity index (χ4v) is 4.15. The first-order chi connectivity index (χ1) is 14.1. The van der Waals surface area contributed by atoms with Crippen molar-refractivity contribution in [3.05, 3.63) is 35.4 Å². The highest BCUT2D eigenvalue weighted by atomic mass is 16.7. The van der Waals surface area contributed by atoms with Crippen LogP contribution < -0.4 is 29.2 Å². The number of carbonyl (C=O) groups excluding carboxylic acids is 2. The van der Waals surface area contributed by atoms with Crippen LogP contribution in [0.3, 0.4) is 0 Å². The quantitative estimate of drug-likeness (QED) is 0.859. The van der Waals surface area contributed by atoms with Crippen LogP contribution in [-0.4, -0.2) is 38.9 Å². The third-order valence-corrected chi connectivity index (χ3v) is 5.51. The number of benzene rings is 2. The van der Waals surface area contributed by atoms with Crippen LogP contribution >= 0.6 is 0 Å². The molecule has 0 aliphatic carbocycles. The van der Waals surface area contributed by atoms with Gasteiger partial charge in [-0.25, -0.2) is 0 Å². The zero-order valence-corrected chi connectivity index (χ0v) is 16.1. The first kappa shape index (κ1) is 17.7. The van der Waals surface area contributed by atoms with Crippen molar-refractivity contribution >= 4 is 23.2 Å². The van der Waals surface area contributed by atoms with Gasteiger partial charge in [0, 0.05) is 24.6 Å². The summed E-state index contributed by atoms with van der Waals surface area (Å²) in [5, 5.41) is 2.93. The summed E-state index contributed by atoms with van der Waals surface area (Å²) in [4.78, 5) is 26.3. The molecule has 8 heteroatoms. The van der Waals surface area contributed by atoms with E-state index in [-0.39, 0.29) is 37.6 Å². The highest BCUT2D eigenvalue weighted by molar-refractivity contribution is 6.01. The van der Waals surface area contributed by atoms with E-state index in [0.29, 0.717) is 40.9 Å². The number of methoxy groups -OCH3 is 1. The Morgan fingerprint density at radius 2 is 2.00 bits per heavy atom. The lowest BCUT2D eigenvalue weighted by atomic mass is 9.84. The summed E-state index contributed by atoms with van der Waals surface area (Å²) in [6.45, 7) is 2.59. The van der Waals surface area contributed by atoms with Gasteiger partial charge in [-0.1, -0.05) is 0 Å². The summed E-state index contributed by atoms with van der Waals surface area (Å²) in [7, 11) is 1.57. The summed E-state index contributed by atoms with van der Waals surface area (Å²) < 4.78 is 22.2. The van der Waals surface area contributed by atoms with E-state index in [9.17, 15) is 9.59 Å². The lowest BCUT2D eigenvalue weighted by molar-refractivity contribution is -0.121. The number of carbonyl (C=O) groups is 2. The molecular weight excluding hydrogens is 376 g/mol. The molecule has 0 fully saturated rings. The van der Waals surface area contributed by atoms with Crippen molar-refractivity contribution in [3.63, 3.8) is 0 Å². The molecule has 2 amide bonds. The molecule has 150 valence electrons. The maximum absolute atomic E-state index is 12.5. The second-order valence-corrected chi connectivity index (χ2v) is 7.10. The zero-order valence-electron chi connectivity index (χ0n) is 16.1. The Kier molecular flexibility index (Phi) is 4.01. The van der Waals surface area contributed by atoms with E-state index >= 15 is 0 Å². The number of hydrogen-bond acceptors (Lipinski definition) is 6. The minimum Gasteiger partial charge on any atom is -0.493 e. The molecule has 8 nitrogen and oxygen atoms in total. The van der Waals surface area contributed by atoms with Crippen molar-refractivity contribution in [2.45, 2.75) is 19.3 Å². The number of ether oxygens (including phenoxy) is 4. The second kappa shape index (κ2) is 6.58. The van der Waals surface area contributed by atoms with Gasteiger partial charge < -0.3 is 29.2 Å². The van der Waals surface area contributed by atoms with Gasteiger partial charge in [-0.15, -0.1) is 0 Å². The monoisotopic (exact) mass is 396 g/mol. The zero-order chi connectivity index (χ0) is 20.1. The van der Waals surface area contributed by atoms with E-state index in [2.05, 4.69) is 5.32 Å².